The molecule has 14 heavy (non-hydrogen) atoms. The lowest BCUT2D eigenvalue weighted by molar-refractivity contribution is 0.0854. The van der Waals surface area contributed by atoms with Gasteiger partial charge in [-0.2, -0.15) is 0 Å². The largest absolute Gasteiger partial charge is 0.449 e. The molecule has 3 aliphatic heterocycles. The SMILES string of the molecule is Cc1nc(C2CN3CCC2CC3)co1. The van der Waals surface area contributed by atoms with Gasteiger partial charge in [-0.3, -0.25) is 0 Å². The van der Waals surface area contributed by atoms with Crippen molar-refractivity contribution < 1.29 is 4.42 Å². The van der Waals surface area contributed by atoms with Crippen molar-refractivity contribution in [3.8, 4) is 0 Å². The van der Waals surface area contributed by atoms with Crippen molar-refractivity contribution in [2.24, 2.45) is 5.92 Å². The third-order valence-electron chi connectivity index (χ3n) is 3.67. The van der Waals surface area contributed by atoms with E-state index < -0.39 is 0 Å². The Bertz CT molecular complexity index is 326. The van der Waals surface area contributed by atoms with Crippen LogP contribution in [0.3, 0.4) is 0 Å². The van der Waals surface area contributed by atoms with Crippen LogP contribution in [-0.4, -0.2) is 29.5 Å². The van der Waals surface area contributed by atoms with Crippen LogP contribution in [0.25, 0.3) is 0 Å². The van der Waals surface area contributed by atoms with E-state index in [1.807, 2.05) is 13.2 Å². The van der Waals surface area contributed by atoms with Gasteiger partial charge in [0.2, 0.25) is 0 Å². The average molecular weight is 192 g/mol. The summed E-state index contributed by atoms with van der Waals surface area (Å²) in [6.07, 6.45) is 4.54. The Morgan fingerprint density at radius 1 is 1.43 bits per heavy atom. The van der Waals surface area contributed by atoms with Gasteiger partial charge in [-0.15, -0.1) is 0 Å². The second-order valence-electron chi connectivity index (χ2n) is 4.54. The van der Waals surface area contributed by atoms with Crippen molar-refractivity contribution in [2.45, 2.75) is 25.7 Å². The normalized spacial score (nSPS) is 36.2. The fourth-order valence-corrected chi connectivity index (χ4v) is 2.85. The lowest BCUT2D eigenvalue weighted by Crippen LogP contribution is -2.46. The van der Waals surface area contributed by atoms with Crippen LogP contribution in [0.15, 0.2) is 10.7 Å². The predicted molar refractivity (Wildman–Crippen MR) is 53.1 cm³/mol. The van der Waals surface area contributed by atoms with Gasteiger partial charge in [-0.1, -0.05) is 0 Å². The van der Waals surface area contributed by atoms with Gasteiger partial charge in [-0.25, -0.2) is 4.98 Å². The molecule has 0 radical (unpaired) electrons. The molecule has 3 fully saturated rings. The van der Waals surface area contributed by atoms with Crippen molar-refractivity contribution in [1.29, 1.82) is 0 Å². The van der Waals surface area contributed by atoms with E-state index in [4.69, 9.17) is 4.42 Å². The van der Waals surface area contributed by atoms with Crippen LogP contribution >= 0.6 is 0 Å². The first-order valence-corrected chi connectivity index (χ1v) is 5.47. The molecule has 0 amide bonds. The van der Waals surface area contributed by atoms with Crippen molar-refractivity contribution in [3.05, 3.63) is 17.8 Å². The zero-order valence-corrected chi connectivity index (χ0v) is 8.57. The van der Waals surface area contributed by atoms with Gasteiger partial charge in [0, 0.05) is 19.4 Å². The topological polar surface area (TPSA) is 29.3 Å². The van der Waals surface area contributed by atoms with Gasteiger partial charge in [-0.05, 0) is 31.8 Å². The standard InChI is InChI=1S/C11H16N2O/c1-8-12-11(7-14-8)10-6-13-4-2-9(10)3-5-13/h7,9-10H,2-6H2,1H3. The highest BCUT2D eigenvalue weighted by molar-refractivity contribution is 5.10. The van der Waals surface area contributed by atoms with Gasteiger partial charge in [0.15, 0.2) is 5.89 Å². The van der Waals surface area contributed by atoms with E-state index in [1.54, 1.807) is 0 Å². The summed E-state index contributed by atoms with van der Waals surface area (Å²) in [7, 11) is 0. The van der Waals surface area contributed by atoms with Crippen LogP contribution in [0.5, 0.6) is 0 Å². The zero-order chi connectivity index (χ0) is 9.54. The maximum absolute atomic E-state index is 5.30. The van der Waals surface area contributed by atoms with E-state index >= 15 is 0 Å². The molecule has 76 valence electrons. The Kier molecular flexibility index (Phi) is 1.87. The second-order valence-corrected chi connectivity index (χ2v) is 4.54. The third-order valence-corrected chi connectivity index (χ3v) is 3.67. The van der Waals surface area contributed by atoms with E-state index in [2.05, 4.69) is 9.88 Å². The maximum atomic E-state index is 5.30. The molecule has 0 N–H and O–H groups in total. The van der Waals surface area contributed by atoms with E-state index in [1.165, 1.54) is 38.2 Å². The highest BCUT2D eigenvalue weighted by atomic mass is 16.3. The summed E-state index contributed by atoms with van der Waals surface area (Å²) in [4.78, 5) is 7.01. The highest BCUT2D eigenvalue weighted by Gasteiger charge is 2.36. The Morgan fingerprint density at radius 2 is 2.21 bits per heavy atom. The van der Waals surface area contributed by atoms with Gasteiger partial charge < -0.3 is 9.32 Å². The average Bonchev–Trinajstić information content (AvgIpc) is 2.66. The first-order valence-electron chi connectivity index (χ1n) is 5.47. The summed E-state index contributed by atoms with van der Waals surface area (Å²) in [5, 5.41) is 0. The summed E-state index contributed by atoms with van der Waals surface area (Å²) in [5.74, 6) is 2.29. The first kappa shape index (κ1) is 8.48. The number of fused-ring (bicyclic) bond motifs is 3. The van der Waals surface area contributed by atoms with Crippen molar-refractivity contribution in [3.63, 3.8) is 0 Å². The molecule has 4 rings (SSSR count). The van der Waals surface area contributed by atoms with Crippen molar-refractivity contribution in [2.75, 3.05) is 19.6 Å². The van der Waals surface area contributed by atoms with Gasteiger partial charge >= 0.3 is 0 Å². The molecule has 1 aromatic rings. The lowest BCUT2D eigenvalue weighted by atomic mass is 9.78. The summed E-state index contributed by atoms with van der Waals surface area (Å²) in [5.41, 5.74) is 1.18. The molecule has 0 aliphatic carbocycles. The summed E-state index contributed by atoms with van der Waals surface area (Å²) in [6, 6.07) is 0. The molecule has 0 aromatic carbocycles. The number of aryl methyl sites for hydroxylation is 1. The molecule has 3 saturated heterocycles. The minimum absolute atomic E-state index is 0.634. The molecule has 1 atom stereocenters. The summed E-state index contributed by atoms with van der Waals surface area (Å²) >= 11 is 0. The maximum Gasteiger partial charge on any atom is 0.191 e. The molecule has 4 heterocycles. The molecule has 0 saturated carbocycles. The van der Waals surface area contributed by atoms with Crippen molar-refractivity contribution in [1.82, 2.24) is 9.88 Å². The van der Waals surface area contributed by atoms with Crippen LogP contribution in [0, 0.1) is 12.8 Å². The minimum Gasteiger partial charge on any atom is -0.449 e. The number of nitrogens with zero attached hydrogens (tertiary/aromatic N) is 2. The number of hydrogen-bond donors (Lipinski definition) is 0. The first-order chi connectivity index (χ1) is 6.83. The third kappa shape index (κ3) is 1.27. The quantitative estimate of drug-likeness (QED) is 0.679. The molecule has 1 aromatic heterocycles. The van der Waals surface area contributed by atoms with Crippen LogP contribution < -0.4 is 0 Å². The molecular weight excluding hydrogens is 176 g/mol. The Morgan fingerprint density at radius 3 is 2.71 bits per heavy atom. The Labute approximate surface area is 84.1 Å². The van der Waals surface area contributed by atoms with Crippen LogP contribution in [0.2, 0.25) is 0 Å². The molecule has 0 spiro atoms. The highest BCUT2D eigenvalue weighted by Crippen LogP contribution is 2.38. The van der Waals surface area contributed by atoms with E-state index in [9.17, 15) is 0 Å². The molecular formula is C11H16N2O. The molecule has 1 unspecified atom stereocenters. The monoisotopic (exact) mass is 192 g/mol. The molecule has 3 aliphatic rings. The van der Waals surface area contributed by atoms with Gasteiger partial charge in [0.05, 0.1) is 5.69 Å². The number of rotatable bonds is 1. The lowest BCUT2D eigenvalue weighted by Gasteiger charge is -2.44. The number of oxazole rings is 1. The summed E-state index contributed by atoms with van der Waals surface area (Å²) in [6.45, 7) is 5.69. The smallest absolute Gasteiger partial charge is 0.191 e. The van der Waals surface area contributed by atoms with Gasteiger partial charge in [0.25, 0.3) is 0 Å². The molecule has 3 heteroatoms. The minimum atomic E-state index is 0.634. The predicted octanol–water partition coefficient (Wildman–Crippen LogP) is 1.79. The fraction of sp³-hybridized carbons (Fsp3) is 0.727. The second kappa shape index (κ2) is 3.09. The Balaban J connectivity index is 1.85. The van der Waals surface area contributed by atoms with Crippen LogP contribution in [0.4, 0.5) is 0 Å². The van der Waals surface area contributed by atoms with E-state index in [0.29, 0.717) is 5.92 Å². The molecule has 2 bridgehead atoms. The zero-order valence-electron chi connectivity index (χ0n) is 8.57. The molecule has 3 nitrogen and oxygen atoms in total. The number of piperidine rings is 3. The fourth-order valence-electron chi connectivity index (χ4n) is 2.85. The summed E-state index contributed by atoms with van der Waals surface area (Å²) < 4.78 is 5.30. The van der Waals surface area contributed by atoms with Gasteiger partial charge in [0.1, 0.15) is 6.26 Å². The Hall–Kier alpha value is -0.830. The number of hydrogen-bond acceptors (Lipinski definition) is 3. The van der Waals surface area contributed by atoms with E-state index in [-0.39, 0.29) is 0 Å². The number of aromatic nitrogens is 1. The van der Waals surface area contributed by atoms with E-state index in [0.717, 1.165) is 11.8 Å². The van der Waals surface area contributed by atoms with Crippen LogP contribution in [-0.2, 0) is 0 Å². The van der Waals surface area contributed by atoms with Crippen LogP contribution in [0.1, 0.15) is 30.3 Å². The van der Waals surface area contributed by atoms with Crippen molar-refractivity contribution >= 4 is 0 Å².